The second kappa shape index (κ2) is 6.42. The number of aromatic nitrogens is 2. The molecular formula is C10H18N4OS. The number of hydrogen-bond donors (Lipinski definition) is 3. The minimum absolute atomic E-state index is 0.199. The monoisotopic (exact) mass is 242 g/mol. The molecule has 16 heavy (non-hydrogen) atoms. The number of anilines is 1. The van der Waals surface area contributed by atoms with Gasteiger partial charge in [-0.1, -0.05) is 6.92 Å². The van der Waals surface area contributed by atoms with Gasteiger partial charge in [-0.15, -0.1) is 0 Å². The highest BCUT2D eigenvalue weighted by atomic mass is 32.2. The first kappa shape index (κ1) is 12.9. The first-order chi connectivity index (χ1) is 7.70. The lowest BCUT2D eigenvalue weighted by Gasteiger charge is -2.02. The third-order valence-corrected chi connectivity index (χ3v) is 2.96. The molecule has 0 aliphatic heterocycles. The van der Waals surface area contributed by atoms with Crippen molar-refractivity contribution in [1.82, 2.24) is 15.5 Å². The Hall–Kier alpha value is -1.17. The number of nitrogens with zero attached hydrogens (tertiary/aromatic N) is 1. The van der Waals surface area contributed by atoms with Crippen LogP contribution in [0.25, 0.3) is 0 Å². The highest BCUT2D eigenvalue weighted by molar-refractivity contribution is 7.98. The van der Waals surface area contributed by atoms with Crippen molar-refractivity contribution in [1.29, 1.82) is 0 Å². The van der Waals surface area contributed by atoms with E-state index in [-0.39, 0.29) is 5.91 Å². The highest BCUT2D eigenvalue weighted by Gasteiger charge is 2.15. The Labute approximate surface area is 99.6 Å². The van der Waals surface area contributed by atoms with E-state index in [2.05, 4.69) is 15.5 Å². The molecule has 1 rings (SSSR count). The number of H-pyrrole nitrogens is 1. The summed E-state index contributed by atoms with van der Waals surface area (Å²) in [6.45, 7) is 2.62. The van der Waals surface area contributed by atoms with Gasteiger partial charge in [-0.25, -0.2) is 0 Å². The van der Waals surface area contributed by atoms with E-state index in [1.807, 2.05) is 13.2 Å². The molecular weight excluding hydrogens is 224 g/mol. The molecule has 0 spiro atoms. The summed E-state index contributed by atoms with van der Waals surface area (Å²) < 4.78 is 0. The summed E-state index contributed by atoms with van der Waals surface area (Å²) in [5.41, 5.74) is 7.37. The summed E-state index contributed by atoms with van der Waals surface area (Å²) in [6.07, 6.45) is 3.75. The van der Waals surface area contributed by atoms with Crippen LogP contribution in [0, 0.1) is 0 Å². The molecule has 0 atom stereocenters. The number of nitrogen functional groups attached to an aromatic ring is 1. The summed E-state index contributed by atoms with van der Waals surface area (Å²) in [6, 6.07) is 0. The summed E-state index contributed by atoms with van der Waals surface area (Å²) in [7, 11) is 0. The van der Waals surface area contributed by atoms with Gasteiger partial charge in [-0.2, -0.15) is 16.9 Å². The van der Waals surface area contributed by atoms with Crippen LogP contribution < -0.4 is 11.1 Å². The number of aromatic amines is 1. The highest BCUT2D eigenvalue weighted by Crippen LogP contribution is 2.13. The topological polar surface area (TPSA) is 83.8 Å². The Bertz CT molecular complexity index is 351. The fourth-order valence-corrected chi connectivity index (χ4v) is 1.76. The third-order valence-electron chi connectivity index (χ3n) is 2.26. The summed E-state index contributed by atoms with van der Waals surface area (Å²) >= 11 is 1.76. The van der Waals surface area contributed by atoms with Gasteiger partial charge in [0.2, 0.25) is 0 Å². The van der Waals surface area contributed by atoms with Crippen LogP contribution in [0.1, 0.15) is 29.5 Å². The number of hydrogen-bond acceptors (Lipinski definition) is 4. The Morgan fingerprint density at radius 3 is 2.94 bits per heavy atom. The minimum Gasteiger partial charge on any atom is -0.395 e. The fraction of sp³-hybridized carbons (Fsp3) is 0.600. The van der Waals surface area contributed by atoms with Crippen molar-refractivity contribution in [3.63, 3.8) is 0 Å². The Balaban J connectivity index is 2.49. The number of thioether (sulfide) groups is 1. The number of carbonyl (C=O) groups is 1. The second-order valence-corrected chi connectivity index (χ2v) is 4.41. The van der Waals surface area contributed by atoms with Gasteiger partial charge in [0.05, 0.1) is 11.4 Å². The number of nitrogens with two attached hydrogens (primary N) is 1. The molecule has 0 radical (unpaired) electrons. The van der Waals surface area contributed by atoms with Crippen molar-refractivity contribution in [2.75, 3.05) is 24.3 Å². The Kier molecular flexibility index (Phi) is 5.18. The van der Waals surface area contributed by atoms with Crippen molar-refractivity contribution >= 4 is 23.4 Å². The maximum atomic E-state index is 11.7. The number of rotatable bonds is 6. The first-order valence-electron chi connectivity index (χ1n) is 5.30. The lowest BCUT2D eigenvalue weighted by molar-refractivity contribution is 0.0949. The average Bonchev–Trinajstić information content (AvgIpc) is 2.65. The molecule has 0 saturated carbocycles. The van der Waals surface area contributed by atoms with Crippen LogP contribution in [0.4, 0.5) is 5.69 Å². The predicted octanol–water partition coefficient (Wildman–Crippen LogP) is 1.04. The number of nitrogens with one attached hydrogen (secondary N) is 2. The first-order valence-corrected chi connectivity index (χ1v) is 6.69. The van der Waals surface area contributed by atoms with Crippen LogP contribution in [0.15, 0.2) is 0 Å². The van der Waals surface area contributed by atoms with Gasteiger partial charge in [-0.05, 0) is 24.9 Å². The van der Waals surface area contributed by atoms with Gasteiger partial charge in [-0.3, -0.25) is 9.89 Å². The van der Waals surface area contributed by atoms with E-state index in [9.17, 15) is 4.79 Å². The third kappa shape index (κ3) is 3.16. The smallest absolute Gasteiger partial charge is 0.273 e. The van der Waals surface area contributed by atoms with Crippen molar-refractivity contribution in [2.24, 2.45) is 0 Å². The Morgan fingerprint density at radius 1 is 1.62 bits per heavy atom. The van der Waals surface area contributed by atoms with Gasteiger partial charge in [0.15, 0.2) is 5.69 Å². The van der Waals surface area contributed by atoms with E-state index in [4.69, 9.17) is 5.73 Å². The predicted molar refractivity (Wildman–Crippen MR) is 67.7 cm³/mol. The van der Waals surface area contributed by atoms with Crippen molar-refractivity contribution < 1.29 is 4.79 Å². The molecule has 0 saturated heterocycles. The SMILES string of the molecule is CCc1[nH]nc(C(=O)NCCCSC)c1N. The van der Waals surface area contributed by atoms with E-state index in [0.717, 1.165) is 24.3 Å². The van der Waals surface area contributed by atoms with Crippen LogP contribution in [0.5, 0.6) is 0 Å². The Morgan fingerprint density at radius 2 is 2.38 bits per heavy atom. The lowest BCUT2D eigenvalue weighted by atomic mass is 10.2. The molecule has 1 heterocycles. The molecule has 0 aromatic carbocycles. The van der Waals surface area contributed by atoms with Crippen molar-refractivity contribution in [3.05, 3.63) is 11.4 Å². The maximum Gasteiger partial charge on any atom is 0.273 e. The van der Waals surface area contributed by atoms with Crippen molar-refractivity contribution in [2.45, 2.75) is 19.8 Å². The molecule has 1 aromatic rings. The van der Waals surface area contributed by atoms with Gasteiger partial charge in [0.25, 0.3) is 5.91 Å². The molecule has 1 amide bonds. The zero-order valence-electron chi connectivity index (χ0n) is 9.67. The summed E-state index contributed by atoms with van der Waals surface area (Å²) in [5, 5.41) is 9.48. The summed E-state index contributed by atoms with van der Waals surface area (Å²) in [4.78, 5) is 11.7. The molecule has 4 N–H and O–H groups in total. The van der Waals surface area contributed by atoms with E-state index in [1.165, 1.54) is 0 Å². The quantitative estimate of drug-likeness (QED) is 0.651. The average molecular weight is 242 g/mol. The molecule has 0 aliphatic carbocycles. The van der Waals surface area contributed by atoms with Gasteiger partial charge < -0.3 is 11.1 Å². The van der Waals surface area contributed by atoms with Crippen LogP contribution in [0.2, 0.25) is 0 Å². The largest absolute Gasteiger partial charge is 0.395 e. The fourth-order valence-electron chi connectivity index (χ4n) is 1.33. The van der Waals surface area contributed by atoms with Gasteiger partial charge >= 0.3 is 0 Å². The van der Waals surface area contributed by atoms with E-state index in [1.54, 1.807) is 11.8 Å². The van der Waals surface area contributed by atoms with E-state index < -0.39 is 0 Å². The standard InChI is InChI=1S/C10H18N4OS/c1-3-7-8(11)9(14-13-7)10(15)12-5-4-6-16-2/h3-6,11H2,1-2H3,(H,12,15)(H,13,14). The van der Waals surface area contributed by atoms with Crippen molar-refractivity contribution in [3.8, 4) is 0 Å². The summed E-state index contributed by atoms with van der Waals surface area (Å²) in [5.74, 6) is 0.839. The molecule has 0 aliphatic rings. The second-order valence-electron chi connectivity index (χ2n) is 3.42. The van der Waals surface area contributed by atoms with Crippen LogP contribution >= 0.6 is 11.8 Å². The lowest BCUT2D eigenvalue weighted by Crippen LogP contribution is -2.26. The van der Waals surface area contributed by atoms with Crippen LogP contribution in [0.3, 0.4) is 0 Å². The number of amides is 1. The zero-order chi connectivity index (χ0) is 12.0. The van der Waals surface area contributed by atoms with Crippen LogP contribution in [-0.4, -0.2) is 34.7 Å². The molecule has 5 nitrogen and oxygen atoms in total. The maximum absolute atomic E-state index is 11.7. The number of carbonyl (C=O) groups excluding carboxylic acids is 1. The molecule has 6 heteroatoms. The molecule has 0 fully saturated rings. The molecule has 0 bridgehead atoms. The minimum atomic E-state index is -0.199. The van der Waals surface area contributed by atoms with Crippen LogP contribution in [-0.2, 0) is 6.42 Å². The molecule has 0 unspecified atom stereocenters. The zero-order valence-corrected chi connectivity index (χ0v) is 10.5. The van der Waals surface area contributed by atoms with Gasteiger partial charge in [0.1, 0.15) is 0 Å². The van der Waals surface area contributed by atoms with E-state index >= 15 is 0 Å². The molecule has 1 aromatic heterocycles. The van der Waals surface area contributed by atoms with Gasteiger partial charge in [0, 0.05) is 6.54 Å². The van der Waals surface area contributed by atoms with E-state index in [0.29, 0.717) is 17.9 Å². The number of aryl methyl sites for hydroxylation is 1. The molecule has 90 valence electrons. The normalized spacial score (nSPS) is 10.4.